The lowest BCUT2D eigenvalue weighted by Crippen LogP contribution is -2.39. The van der Waals surface area contributed by atoms with E-state index in [-0.39, 0.29) is 17.7 Å². The SMILES string of the molecule is CNC(=O)CN1CCN(C(C)=O)C[C@@H](Cc2cccc3cccnc23)C1. The van der Waals surface area contributed by atoms with Gasteiger partial charge >= 0.3 is 0 Å². The molecule has 0 unspecified atom stereocenters. The summed E-state index contributed by atoms with van der Waals surface area (Å²) in [6.07, 6.45) is 2.65. The van der Waals surface area contributed by atoms with Crippen LogP contribution in [0.25, 0.3) is 10.9 Å². The molecular weight excluding hydrogens is 328 g/mol. The number of amides is 2. The fourth-order valence-corrected chi connectivity index (χ4v) is 3.66. The van der Waals surface area contributed by atoms with Crippen LogP contribution in [0.1, 0.15) is 12.5 Å². The zero-order chi connectivity index (χ0) is 18.5. The summed E-state index contributed by atoms with van der Waals surface area (Å²) in [4.78, 5) is 32.4. The lowest BCUT2D eigenvalue weighted by Gasteiger charge is -2.24. The third kappa shape index (κ3) is 4.38. The zero-order valence-corrected chi connectivity index (χ0v) is 15.4. The van der Waals surface area contributed by atoms with Crippen molar-refractivity contribution in [3.63, 3.8) is 0 Å². The second-order valence-corrected chi connectivity index (χ2v) is 6.94. The molecule has 3 rings (SSSR count). The lowest BCUT2D eigenvalue weighted by atomic mass is 9.96. The summed E-state index contributed by atoms with van der Waals surface area (Å²) in [6.45, 7) is 4.87. The predicted molar refractivity (Wildman–Crippen MR) is 102 cm³/mol. The molecule has 1 N–H and O–H groups in total. The van der Waals surface area contributed by atoms with Crippen LogP contribution < -0.4 is 5.32 Å². The van der Waals surface area contributed by atoms with Crippen LogP contribution in [0, 0.1) is 5.92 Å². The second kappa shape index (κ2) is 8.27. The highest BCUT2D eigenvalue weighted by molar-refractivity contribution is 5.81. The van der Waals surface area contributed by atoms with Gasteiger partial charge in [-0.2, -0.15) is 0 Å². The molecule has 0 saturated carbocycles. The van der Waals surface area contributed by atoms with Crippen molar-refractivity contribution in [2.24, 2.45) is 5.92 Å². The van der Waals surface area contributed by atoms with Crippen molar-refractivity contribution in [2.45, 2.75) is 13.3 Å². The van der Waals surface area contributed by atoms with E-state index in [1.165, 1.54) is 5.56 Å². The number of hydrogen-bond acceptors (Lipinski definition) is 4. The smallest absolute Gasteiger partial charge is 0.233 e. The number of nitrogens with one attached hydrogen (secondary N) is 1. The molecule has 0 bridgehead atoms. The van der Waals surface area contributed by atoms with Crippen LogP contribution in [0.4, 0.5) is 0 Å². The van der Waals surface area contributed by atoms with Gasteiger partial charge < -0.3 is 10.2 Å². The number of benzene rings is 1. The summed E-state index contributed by atoms with van der Waals surface area (Å²) in [7, 11) is 1.65. The van der Waals surface area contributed by atoms with Crippen LogP contribution in [0.5, 0.6) is 0 Å². The van der Waals surface area contributed by atoms with Crippen molar-refractivity contribution in [1.82, 2.24) is 20.1 Å². The van der Waals surface area contributed by atoms with Crippen LogP contribution in [0.2, 0.25) is 0 Å². The zero-order valence-electron chi connectivity index (χ0n) is 15.4. The van der Waals surface area contributed by atoms with E-state index in [0.717, 1.165) is 30.4 Å². The van der Waals surface area contributed by atoms with Gasteiger partial charge in [-0.05, 0) is 24.0 Å². The Bertz CT molecular complexity index is 787. The van der Waals surface area contributed by atoms with Gasteiger partial charge in [0.05, 0.1) is 12.1 Å². The van der Waals surface area contributed by atoms with Crippen molar-refractivity contribution in [2.75, 3.05) is 39.8 Å². The van der Waals surface area contributed by atoms with E-state index >= 15 is 0 Å². The first-order chi connectivity index (χ1) is 12.6. The number of rotatable bonds is 4. The van der Waals surface area contributed by atoms with Gasteiger partial charge in [-0.15, -0.1) is 0 Å². The lowest BCUT2D eigenvalue weighted by molar-refractivity contribution is -0.129. The minimum atomic E-state index is 0.00634. The van der Waals surface area contributed by atoms with E-state index in [4.69, 9.17) is 0 Å². The number of carbonyl (C=O) groups is 2. The maximum Gasteiger partial charge on any atom is 0.233 e. The van der Waals surface area contributed by atoms with Gasteiger partial charge in [0.1, 0.15) is 0 Å². The molecule has 1 fully saturated rings. The molecule has 2 amide bonds. The van der Waals surface area contributed by atoms with Crippen LogP contribution in [-0.2, 0) is 16.0 Å². The van der Waals surface area contributed by atoms with Crippen LogP contribution in [0.15, 0.2) is 36.5 Å². The third-order valence-corrected chi connectivity index (χ3v) is 5.00. The first kappa shape index (κ1) is 18.3. The number of likely N-dealkylation sites (N-methyl/N-ethyl adjacent to an activating group) is 1. The minimum Gasteiger partial charge on any atom is -0.358 e. The number of carbonyl (C=O) groups excluding carboxylic acids is 2. The fraction of sp³-hybridized carbons (Fsp3) is 0.450. The standard InChI is InChI=1S/C20H26N4O2/c1-15(25)24-10-9-23(14-19(26)21-2)12-16(13-24)11-18-6-3-5-17-7-4-8-22-20(17)18/h3-8,16H,9-14H2,1-2H3,(H,21,26)/t16-/m0/s1. The first-order valence-corrected chi connectivity index (χ1v) is 9.08. The Kier molecular flexibility index (Phi) is 5.83. The van der Waals surface area contributed by atoms with Gasteiger partial charge in [-0.3, -0.25) is 19.5 Å². The molecule has 1 aliphatic rings. The third-order valence-electron chi connectivity index (χ3n) is 5.00. The molecule has 0 spiro atoms. The monoisotopic (exact) mass is 354 g/mol. The summed E-state index contributed by atoms with van der Waals surface area (Å²) in [5, 5.41) is 3.81. The summed E-state index contributed by atoms with van der Waals surface area (Å²) < 4.78 is 0. The van der Waals surface area contributed by atoms with Gasteiger partial charge in [-0.1, -0.05) is 24.3 Å². The molecule has 1 atom stereocenters. The Morgan fingerprint density at radius 2 is 2.00 bits per heavy atom. The predicted octanol–water partition coefficient (Wildman–Crippen LogP) is 1.30. The molecule has 0 aliphatic carbocycles. The Hall–Kier alpha value is -2.47. The highest BCUT2D eigenvalue weighted by Crippen LogP contribution is 2.21. The van der Waals surface area contributed by atoms with E-state index in [9.17, 15) is 9.59 Å². The van der Waals surface area contributed by atoms with Crippen molar-refractivity contribution in [1.29, 1.82) is 0 Å². The molecule has 2 heterocycles. The average Bonchev–Trinajstić information content (AvgIpc) is 2.84. The van der Waals surface area contributed by atoms with E-state index in [1.54, 1.807) is 14.0 Å². The first-order valence-electron chi connectivity index (χ1n) is 9.08. The molecule has 6 nitrogen and oxygen atoms in total. The average molecular weight is 354 g/mol. The van der Waals surface area contributed by atoms with Crippen LogP contribution in [-0.4, -0.2) is 66.4 Å². The molecule has 2 aromatic rings. The van der Waals surface area contributed by atoms with Crippen molar-refractivity contribution < 1.29 is 9.59 Å². The molecule has 26 heavy (non-hydrogen) atoms. The minimum absolute atomic E-state index is 0.00634. The Morgan fingerprint density at radius 3 is 2.77 bits per heavy atom. The number of aromatic nitrogens is 1. The van der Waals surface area contributed by atoms with Gasteiger partial charge in [0.15, 0.2) is 0 Å². The topological polar surface area (TPSA) is 65.5 Å². The molecule has 138 valence electrons. The van der Waals surface area contributed by atoms with Gasteiger partial charge in [-0.25, -0.2) is 0 Å². The summed E-state index contributed by atoms with van der Waals surface area (Å²) in [6, 6.07) is 10.3. The van der Waals surface area contributed by atoms with Crippen molar-refractivity contribution in [3.05, 3.63) is 42.1 Å². The van der Waals surface area contributed by atoms with Crippen molar-refractivity contribution >= 4 is 22.7 Å². The molecular formula is C20H26N4O2. The van der Waals surface area contributed by atoms with Crippen LogP contribution in [0.3, 0.4) is 0 Å². The van der Waals surface area contributed by atoms with E-state index < -0.39 is 0 Å². The number of hydrogen-bond donors (Lipinski definition) is 1. The van der Waals surface area contributed by atoms with E-state index in [2.05, 4.69) is 39.5 Å². The molecule has 0 radical (unpaired) electrons. The van der Waals surface area contributed by atoms with E-state index in [1.807, 2.05) is 17.2 Å². The largest absolute Gasteiger partial charge is 0.358 e. The second-order valence-electron chi connectivity index (χ2n) is 6.94. The molecule has 6 heteroatoms. The molecule has 1 aliphatic heterocycles. The quantitative estimate of drug-likeness (QED) is 0.899. The fourth-order valence-electron chi connectivity index (χ4n) is 3.66. The number of nitrogens with zero attached hydrogens (tertiary/aromatic N) is 3. The summed E-state index contributed by atoms with van der Waals surface area (Å²) in [5.41, 5.74) is 2.21. The Labute approximate surface area is 154 Å². The number of para-hydroxylation sites is 1. The van der Waals surface area contributed by atoms with Gasteiger partial charge in [0.25, 0.3) is 0 Å². The van der Waals surface area contributed by atoms with Crippen LogP contribution >= 0.6 is 0 Å². The van der Waals surface area contributed by atoms with Gasteiger partial charge in [0, 0.05) is 51.7 Å². The Morgan fingerprint density at radius 1 is 1.19 bits per heavy atom. The normalized spacial score (nSPS) is 18.5. The molecule has 1 saturated heterocycles. The highest BCUT2D eigenvalue weighted by Gasteiger charge is 2.25. The molecule has 1 aromatic heterocycles. The summed E-state index contributed by atoms with van der Waals surface area (Å²) >= 11 is 0. The summed E-state index contributed by atoms with van der Waals surface area (Å²) in [5.74, 6) is 0.360. The van der Waals surface area contributed by atoms with Crippen molar-refractivity contribution in [3.8, 4) is 0 Å². The maximum absolute atomic E-state index is 12.0. The molecule has 1 aromatic carbocycles. The highest BCUT2D eigenvalue weighted by atomic mass is 16.2. The van der Waals surface area contributed by atoms with E-state index in [0.29, 0.717) is 19.6 Å². The Balaban J connectivity index is 1.82. The number of pyridine rings is 1. The van der Waals surface area contributed by atoms with Gasteiger partial charge in [0.2, 0.25) is 11.8 Å². The number of fused-ring (bicyclic) bond motifs is 1. The maximum atomic E-state index is 12.0.